The minimum Gasteiger partial charge on any atom is -0.495 e. The third kappa shape index (κ3) is 4.44. The Hall–Kier alpha value is -3.35. The van der Waals surface area contributed by atoms with E-state index >= 15 is 0 Å². The Morgan fingerprint density at radius 1 is 1.19 bits per heavy atom. The van der Waals surface area contributed by atoms with Crippen molar-refractivity contribution in [1.29, 1.82) is 0 Å². The van der Waals surface area contributed by atoms with Crippen molar-refractivity contribution in [2.75, 3.05) is 24.3 Å². The maximum absolute atomic E-state index is 12.4. The molecule has 7 heteroatoms. The zero-order valence-corrected chi connectivity index (χ0v) is 15.7. The molecule has 7 nitrogen and oxygen atoms in total. The molecule has 140 valence electrons. The fourth-order valence-electron chi connectivity index (χ4n) is 2.80. The predicted molar refractivity (Wildman–Crippen MR) is 106 cm³/mol. The lowest BCUT2D eigenvalue weighted by atomic mass is 10.1. The zero-order valence-electron chi connectivity index (χ0n) is 15.7. The summed E-state index contributed by atoms with van der Waals surface area (Å²) in [5, 5.41) is 14.2. The van der Waals surface area contributed by atoms with Crippen LogP contribution in [0.5, 0.6) is 5.75 Å². The van der Waals surface area contributed by atoms with Crippen molar-refractivity contribution in [1.82, 2.24) is 14.8 Å². The first-order valence-electron chi connectivity index (χ1n) is 8.70. The summed E-state index contributed by atoms with van der Waals surface area (Å²) in [6.07, 6.45) is 1.96. The number of aromatic nitrogens is 3. The largest absolute Gasteiger partial charge is 0.495 e. The first-order chi connectivity index (χ1) is 13.1. The monoisotopic (exact) mass is 365 g/mol. The van der Waals surface area contributed by atoms with Gasteiger partial charge in [0.25, 0.3) is 0 Å². The Morgan fingerprint density at radius 3 is 2.74 bits per heavy atom. The number of benzene rings is 2. The lowest BCUT2D eigenvalue weighted by Crippen LogP contribution is -2.17. The third-order valence-corrected chi connectivity index (χ3v) is 4.18. The highest BCUT2D eigenvalue weighted by Crippen LogP contribution is 2.26. The van der Waals surface area contributed by atoms with E-state index < -0.39 is 0 Å². The highest BCUT2D eigenvalue weighted by molar-refractivity contribution is 5.95. The number of carbonyl (C=O) groups excluding carboxylic acids is 1. The van der Waals surface area contributed by atoms with Gasteiger partial charge in [0.1, 0.15) is 12.1 Å². The lowest BCUT2D eigenvalue weighted by molar-refractivity contribution is -0.115. The highest BCUT2D eigenvalue weighted by Gasteiger charge is 2.12. The average Bonchev–Trinajstić information content (AvgIpc) is 3.08. The van der Waals surface area contributed by atoms with Crippen LogP contribution in [0, 0.1) is 6.92 Å². The Morgan fingerprint density at radius 2 is 2.00 bits per heavy atom. The number of anilines is 2. The van der Waals surface area contributed by atoms with Gasteiger partial charge in [0.05, 0.1) is 18.5 Å². The second-order valence-electron chi connectivity index (χ2n) is 6.24. The topological polar surface area (TPSA) is 81.1 Å². The summed E-state index contributed by atoms with van der Waals surface area (Å²) in [5.74, 6) is 1.38. The minimum absolute atomic E-state index is 0.0799. The summed E-state index contributed by atoms with van der Waals surface area (Å²) in [7, 11) is 3.50. The van der Waals surface area contributed by atoms with Gasteiger partial charge in [0, 0.05) is 25.6 Å². The Balaban J connectivity index is 1.63. The highest BCUT2D eigenvalue weighted by atomic mass is 16.5. The summed E-state index contributed by atoms with van der Waals surface area (Å²) in [5.41, 5.74) is 3.55. The molecule has 2 aromatic carbocycles. The molecular formula is C20H23N5O2. The van der Waals surface area contributed by atoms with Crippen molar-refractivity contribution in [3.8, 4) is 17.1 Å². The molecule has 0 spiro atoms. The molecule has 0 atom stereocenters. The van der Waals surface area contributed by atoms with E-state index in [0.29, 0.717) is 24.5 Å². The summed E-state index contributed by atoms with van der Waals surface area (Å²) in [4.78, 5) is 12.4. The van der Waals surface area contributed by atoms with Gasteiger partial charge in [-0.1, -0.05) is 18.2 Å². The zero-order chi connectivity index (χ0) is 19.2. The first kappa shape index (κ1) is 18.4. The van der Waals surface area contributed by atoms with E-state index in [1.807, 2.05) is 61.0 Å². The van der Waals surface area contributed by atoms with Crippen LogP contribution in [0.3, 0.4) is 0 Å². The molecule has 0 unspecified atom stereocenters. The van der Waals surface area contributed by atoms with Crippen LogP contribution >= 0.6 is 0 Å². The van der Waals surface area contributed by atoms with Gasteiger partial charge in [-0.25, -0.2) is 0 Å². The summed E-state index contributed by atoms with van der Waals surface area (Å²) < 4.78 is 7.16. The van der Waals surface area contributed by atoms with Crippen LogP contribution in [0.1, 0.15) is 12.0 Å². The number of amides is 1. The van der Waals surface area contributed by atoms with Crippen molar-refractivity contribution in [2.45, 2.75) is 13.3 Å². The van der Waals surface area contributed by atoms with Gasteiger partial charge in [0.15, 0.2) is 5.82 Å². The third-order valence-electron chi connectivity index (χ3n) is 4.18. The molecule has 1 amide bonds. The van der Waals surface area contributed by atoms with Crippen molar-refractivity contribution < 1.29 is 9.53 Å². The molecule has 0 fully saturated rings. The number of nitrogens with one attached hydrogen (secondary N) is 2. The van der Waals surface area contributed by atoms with Crippen LogP contribution in [-0.2, 0) is 11.8 Å². The summed E-state index contributed by atoms with van der Waals surface area (Å²) >= 11 is 0. The molecule has 0 bridgehead atoms. The van der Waals surface area contributed by atoms with Crippen molar-refractivity contribution in [3.63, 3.8) is 0 Å². The second kappa shape index (κ2) is 8.35. The molecular weight excluding hydrogens is 342 g/mol. The van der Waals surface area contributed by atoms with Gasteiger partial charge in [-0.3, -0.25) is 4.79 Å². The maximum Gasteiger partial charge on any atom is 0.226 e. The fourth-order valence-corrected chi connectivity index (χ4v) is 2.80. The minimum atomic E-state index is -0.0799. The summed E-state index contributed by atoms with van der Waals surface area (Å²) in [6, 6.07) is 13.5. The van der Waals surface area contributed by atoms with Crippen molar-refractivity contribution in [3.05, 3.63) is 54.4 Å². The van der Waals surface area contributed by atoms with E-state index in [0.717, 1.165) is 22.6 Å². The molecule has 0 saturated heterocycles. The number of methoxy groups -OCH3 is 1. The molecule has 27 heavy (non-hydrogen) atoms. The van der Waals surface area contributed by atoms with E-state index in [-0.39, 0.29) is 5.91 Å². The smallest absolute Gasteiger partial charge is 0.226 e. The van der Waals surface area contributed by atoms with Gasteiger partial charge < -0.3 is 19.9 Å². The number of para-hydroxylation sites is 1. The molecule has 1 heterocycles. The molecule has 0 aliphatic rings. The molecule has 3 aromatic rings. The number of ether oxygens (including phenoxy) is 1. The lowest BCUT2D eigenvalue weighted by Gasteiger charge is -2.13. The quantitative estimate of drug-likeness (QED) is 0.672. The molecule has 0 aliphatic heterocycles. The van der Waals surface area contributed by atoms with Gasteiger partial charge in [-0.05, 0) is 36.8 Å². The van der Waals surface area contributed by atoms with E-state index in [9.17, 15) is 4.79 Å². The van der Waals surface area contributed by atoms with Crippen molar-refractivity contribution >= 4 is 17.3 Å². The fraction of sp³-hybridized carbons (Fsp3) is 0.250. The standard InChI is InChI=1S/C20H23N5O2/c1-14-8-9-18(27-3)17(12-14)21-11-10-19(26)23-16-7-5-4-6-15(16)20-24-22-13-25(20)2/h4-9,12-13,21H,10-11H2,1-3H3,(H,23,26). The van der Waals surface area contributed by atoms with Gasteiger partial charge in [0.2, 0.25) is 5.91 Å². The van der Waals surface area contributed by atoms with Crippen molar-refractivity contribution in [2.24, 2.45) is 7.05 Å². The van der Waals surface area contributed by atoms with Gasteiger partial charge in [-0.15, -0.1) is 10.2 Å². The Labute approximate surface area is 158 Å². The first-order valence-corrected chi connectivity index (χ1v) is 8.70. The van der Waals surface area contributed by atoms with E-state index in [1.165, 1.54) is 0 Å². The van der Waals surface area contributed by atoms with E-state index in [1.54, 1.807) is 13.4 Å². The van der Waals surface area contributed by atoms with Crippen LogP contribution in [0.25, 0.3) is 11.4 Å². The van der Waals surface area contributed by atoms with Crippen LogP contribution in [0.4, 0.5) is 11.4 Å². The second-order valence-corrected chi connectivity index (χ2v) is 6.24. The van der Waals surface area contributed by atoms with E-state index in [4.69, 9.17) is 4.74 Å². The number of nitrogens with zero attached hydrogens (tertiary/aromatic N) is 3. The number of aryl methyl sites for hydroxylation is 2. The average molecular weight is 365 g/mol. The number of hydrogen-bond donors (Lipinski definition) is 2. The molecule has 0 aliphatic carbocycles. The van der Waals surface area contributed by atoms with Gasteiger partial charge in [-0.2, -0.15) is 0 Å². The van der Waals surface area contributed by atoms with Crippen LogP contribution < -0.4 is 15.4 Å². The molecule has 0 radical (unpaired) electrons. The van der Waals surface area contributed by atoms with E-state index in [2.05, 4.69) is 20.8 Å². The molecule has 0 saturated carbocycles. The Kier molecular flexibility index (Phi) is 5.71. The molecule has 2 N–H and O–H groups in total. The van der Waals surface area contributed by atoms with Crippen LogP contribution in [0.15, 0.2) is 48.8 Å². The number of carbonyl (C=O) groups is 1. The number of hydrogen-bond acceptors (Lipinski definition) is 5. The maximum atomic E-state index is 12.4. The SMILES string of the molecule is COc1ccc(C)cc1NCCC(=O)Nc1ccccc1-c1nncn1C. The predicted octanol–water partition coefficient (Wildman–Crippen LogP) is 3.24. The molecule has 1 aromatic heterocycles. The normalized spacial score (nSPS) is 10.5. The molecule has 3 rings (SSSR count). The van der Waals surface area contributed by atoms with Crippen LogP contribution in [-0.4, -0.2) is 34.3 Å². The Bertz CT molecular complexity index is 936. The van der Waals surface area contributed by atoms with Gasteiger partial charge >= 0.3 is 0 Å². The number of rotatable bonds is 7. The van der Waals surface area contributed by atoms with Crippen LogP contribution in [0.2, 0.25) is 0 Å². The summed E-state index contributed by atoms with van der Waals surface area (Å²) in [6.45, 7) is 2.51.